The molecule has 4 aromatic rings. The molecule has 1 aliphatic rings. The zero-order chi connectivity index (χ0) is 27.4. The Morgan fingerprint density at radius 1 is 1.05 bits per heavy atom. The first-order chi connectivity index (χ1) is 19.0. The Labute approximate surface area is 231 Å². The number of para-hydroxylation sites is 2. The molecule has 1 amide bonds. The van der Waals surface area contributed by atoms with E-state index in [0.717, 1.165) is 17.1 Å². The van der Waals surface area contributed by atoms with Gasteiger partial charge in [-0.2, -0.15) is 0 Å². The smallest absolute Gasteiger partial charge is 0.335 e. The molecular formula is C29H27N5O4S. The number of carbonyl (C=O) groups excluding carboxylic acids is 1. The minimum Gasteiger partial charge on any atom is -0.495 e. The molecule has 9 nitrogen and oxygen atoms in total. The minimum atomic E-state index is -0.979. The van der Waals surface area contributed by atoms with E-state index in [1.54, 1.807) is 49.7 Å². The number of aromatic nitrogens is 2. The van der Waals surface area contributed by atoms with Crippen LogP contribution in [0, 0.1) is 0 Å². The van der Waals surface area contributed by atoms with Crippen molar-refractivity contribution in [2.45, 2.75) is 18.5 Å². The molecule has 2 aromatic carbocycles. The van der Waals surface area contributed by atoms with Crippen molar-refractivity contribution in [3.05, 3.63) is 108 Å². The molecule has 1 fully saturated rings. The monoisotopic (exact) mass is 541 g/mol. The van der Waals surface area contributed by atoms with Gasteiger partial charge in [-0.15, -0.1) is 0 Å². The van der Waals surface area contributed by atoms with E-state index in [-0.39, 0.29) is 30.0 Å². The van der Waals surface area contributed by atoms with Gasteiger partial charge in [0.25, 0.3) is 0 Å². The van der Waals surface area contributed by atoms with Crippen LogP contribution in [-0.2, 0) is 4.79 Å². The van der Waals surface area contributed by atoms with Crippen LogP contribution < -0.4 is 15.4 Å². The maximum absolute atomic E-state index is 12.9. The van der Waals surface area contributed by atoms with Crippen LogP contribution in [0.3, 0.4) is 0 Å². The Balaban J connectivity index is 1.44. The summed E-state index contributed by atoms with van der Waals surface area (Å²) in [6, 6.07) is 23.1. The van der Waals surface area contributed by atoms with E-state index in [2.05, 4.69) is 15.6 Å². The number of carboxylic acids is 1. The molecule has 0 spiro atoms. The number of thiocarbonyl (C=S) groups is 1. The summed E-state index contributed by atoms with van der Waals surface area (Å²) < 4.78 is 7.35. The summed E-state index contributed by atoms with van der Waals surface area (Å²) >= 11 is 5.76. The molecule has 0 unspecified atom stereocenters. The third-order valence-corrected chi connectivity index (χ3v) is 6.99. The Morgan fingerprint density at radius 3 is 2.54 bits per heavy atom. The number of nitrogens with zero attached hydrogens (tertiary/aromatic N) is 3. The van der Waals surface area contributed by atoms with Gasteiger partial charge in [0.1, 0.15) is 5.75 Å². The molecule has 2 atom stereocenters. The predicted octanol–water partition coefficient (Wildman–Crippen LogP) is 4.58. The summed E-state index contributed by atoms with van der Waals surface area (Å²) in [4.78, 5) is 30.9. The Bertz CT molecular complexity index is 1490. The van der Waals surface area contributed by atoms with Crippen LogP contribution in [0.15, 0.2) is 91.3 Å². The fourth-order valence-electron chi connectivity index (χ4n) is 4.79. The largest absolute Gasteiger partial charge is 0.495 e. The Hall–Kier alpha value is -4.70. The average molecular weight is 542 g/mol. The number of carbonyl (C=O) groups is 2. The number of hydrogen-bond acceptors (Lipinski definition) is 5. The normalized spacial score (nSPS) is 16.5. The summed E-state index contributed by atoms with van der Waals surface area (Å²) in [6.07, 6.45) is 3.86. The van der Waals surface area contributed by atoms with Crippen LogP contribution in [0.1, 0.15) is 40.3 Å². The SMILES string of the molecule is COc1ccccc1NC(=O)CCN1C(=S)N[C@H](c2ccccn2)[C@@H]1c1cccn1-c1ccc(C(=O)O)cc1. The van der Waals surface area contributed by atoms with Crippen LogP contribution in [0.5, 0.6) is 5.75 Å². The molecule has 198 valence electrons. The molecule has 3 heterocycles. The number of nitrogens with one attached hydrogen (secondary N) is 2. The lowest BCUT2D eigenvalue weighted by Crippen LogP contribution is -2.33. The highest BCUT2D eigenvalue weighted by atomic mass is 32.1. The molecule has 1 aliphatic heterocycles. The molecule has 0 bridgehead atoms. The van der Waals surface area contributed by atoms with Crippen LogP contribution in [0.2, 0.25) is 0 Å². The fraction of sp³-hybridized carbons (Fsp3) is 0.172. The second kappa shape index (κ2) is 11.4. The summed E-state index contributed by atoms with van der Waals surface area (Å²) in [6.45, 7) is 0.365. The van der Waals surface area contributed by atoms with Gasteiger partial charge < -0.3 is 29.9 Å². The number of hydrogen-bond donors (Lipinski definition) is 3. The van der Waals surface area contributed by atoms with Gasteiger partial charge >= 0.3 is 5.97 Å². The molecule has 0 saturated carbocycles. The minimum absolute atomic E-state index is 0.165. The van der Waals surface area contributed by atoms with E-state index in [0.29, 0.717) is 23.1 Å². The number of carboxylic acid groups (broad SMARTS) is 1. The summed E-state index contributed by atoms with van der Waals surface area (Å²) in [5.74, 6) is -0.557. The van der Waals surface area contributed by atoms with E-state index in [1.165, 1.54) is 0 Å². The summed E-state index contributed by atoms with van der Waals surface area (Å²) in [5.41, 5.74) is 3.37. The highest BCUT2D eigenvalue weighted by molar-refractivity contribution is 7.80. The third kappa shape index (κ3) is 5.46. The summed E-state index contributed by atoms with van der Waals surface area (Å²) in [7, 11) is 1.56. The number of amides is 1. The lowest BCUT2D eigenvalue weighted by molar-refractivity contribution is -0.116. The number of aromatic carboxylic acids is 1. The molecule has 10 heteroatoms. The van der Waals surface area contributed by atoms with Crippen molar-refractivity contribution in [3.8, 4) is 11.4 Å². The number of anilines is 1. The highest BCUT2D eigenvalue weighted by Gasteiger charge is 2.41. The van der Waals surface area contributed by atoms with Crippen molar-refractivity contribution >= 4 is 34.9 Å². The Kier molecular flexibility index (Phi) is 7.55. The van der Waals surface area contributed by atoms with Gasteiger partial charge in [-0.3, -0.25) is 9.78 Å². The van der Waals surface area contributed by atoms with Crippen molar-refractivity contribution in [1.29, 1.82) is 0 Å². The van der Waals surface area contributed by atoms with Crippen LogP contribution >= 0.6 is 12.2 Å². The van der Waals surface area contributed by atoms with Crippen molar-refractivity contribution < 1.29 is 19.4 Å². The van der Waals surface area contributed by atoms with Crippen molar-refractivity contribution in [2.75, 3.05) is 19.0 Å². The Morgan fingerprint density at radius 2 is 1.82 bits per heavy atom. The van der Waals surface area contributed by atoms with E-state index < -0.39 is 5.97 Å². The van der Waals surface area contributed by atoms with E-state index >= 15 is 0 Å². The number of methoxy groups -OCH3 is 1. The highest BCUT2D eigenvalue weighted by Crippen LogP contribution is 2.39. The zero-order valence-electron chi connectivity index (χ0n) is 21.2. The lowest BCUT2D eigenvalue weighted by Gasteiger charge is -2.29. The quantitative estimate of drug-likeness (QED) is 0.264. The molecule has 39 heavy (non-hydrogen) atoms. The average Bonchev–Trinajstić information content (AvgIpc) is 3.57. The standard InChI is InChI=1S/C29H27N5O4S/c1-38-24-10-3-2-7-21(24)31-25(35)15-18-34-27(26(32-29(34)39)22-8-4-5-16-30-22)23-9-6-17-33(23)20-13-11-19(12-14-20)28(36)37/h2-14,16-17,26-27H,15,18H2,1H3,(H,31,35)(H,32,39)(H,36,37)/t26-,27+/m1/s1. The van der Waals surface area contributed by atoms with Gasteiger partial charge in [-0.1, -0.05) is 18.2 Å². The third-order valence-electron chi connectivity index (χ3n) is 6.63. The molecule has 2 aromatic heterocycles. The van der Waals surface area contributed by atoms with Crippen LogP contribution in [0.25, 0.3) is 5.69 Å². The van der Waals surface area contributed by atoms with Gasteiger partial charge in [0.15, 0.2) is 5.11 Å². The number of pyridine rings is 1. The van der Waals surface area contributed by atoms with Crippen LogP contribution in [-0.4, -0.2) is 50.2 Å². The maximum atomic E-state index is 12.9. The lowest BCUT2D eigenvalue weighted by atomic mass is 10.0. The number of ether oxygens (including phenoxy) is 1. The first kappa shape index (κ1) is 25.9. The number of benzene rings is 2. The first-order valence-electron chi connectivity index (χ1n) is 12.4. The van der Waals surface area contributed by atoms with Gasteiger partial charge in [0, 0.05) is 36.7 Å². The second-order valence-corrected chi connectivity index (χ2v) is 9.36. The van der Waals surface area contributed by atoms with E-state index in [1.807, 2.05) is 58.1 Å². The fourth-order valence-corrected chi connectivity index (χ4v) is 5.12. The molecule has 0 aliphatic carbocycles. The van der Waals surface area contributed by atoms with Crippen molar-refractivity contribution in [3.63, 3.8) is 0 Å². The van der Waals surface area contributed by atoms with E-state index in [4.69, 9.17) is 17.0 Å². The molecule has 3 N–H and O–H groups in total. The zero-order valence-corrected chi connectivity index (χ0v) is 22.0. The van der Waals surface area contributed by atoms with Gasteiger partial charge in [-0.05, 0) is 72.9 Å². The molecule has 5 rings (SSSR count). The van der Waals surface area contributed by atoms with Gasteiger partial charge in [0.05, 0.1) is 36.1 Å². The maximum Gasteiger partial charge on any atom is 0.335 e. The number of rotatable bonds is 9. The topological polar surface area (TPSA) is 109 Å². The molecular weight excluding hydrogens is 514 g/mol. The van der Waals surface area contributed by atoms with Crippen molar-refractivity contribution in [1.82, 2.24) is 19.8 Å². The van der Waals surface area contributed by atoms with Crippen molar-refractivity contribution in [2.24, 2.45) is 0 Å². The first-order valence-corrected chi connectivity index (χ1v) is 12.8. The predicted molar refractivity (Wildman–Crippen MR) is 151 cm³/mol. The molecule has 1 saturated heterocycles. The van der Waals surface area contributed by atoms with Gasteiger partial charge in [-0.25, -0.2) is 4.79 Å². The second-order valence-electron chi connectivity index (χ2n) is 8.97. The summed E-state index contributed by atoms with van der Waals surface area (Å²) in [5, 5.41) is 16.2. The molecule has 0 radical (unpaired) electrons. The van der Waals surface area contributed by atoms with Crippen LogP contribution in [0.4, 0.5) is 5.69 Å². The van der Waals surface area contributed by atoms with Gasteiger partial charge in [0.2, 0.25) is 5.91 Å². The van der Waals surface area contributed by atoms with E-state index in [9.17, 15) is 14.7 Å².